The van der Waals surface area contributed by atoms with Crippen LogP contribution in [0.15, 0.2) is 18.2 Å². The highest BCUT2D eigenvalue weighted by Gasteiger charge is 2.02. The summed E-state index contributed by atoms with van der Waals surface area (Å²) in [5, 5.41) is 3.36. The van der Waals surface area contributed by atoms with E-state index < -0.39 is 0 Å². The fraction of sp³-hybridized carbons (Fsp3) is 0.538. The molecule has 1 nitrogen and oxygen atoms in total. The van der Waals surface area contributed by atoms with Gasteiger partial charge in [-0.1, -0.05) is 20.3 Å². The van der Waals surface area contributed by atoms with Crippen LogP contribution in [0.5, 0.6) is 0 Å². The summed E-state index contributed by atoms with van der Waals surface area (Å²) in [5.74, 6) is 0.499. The summed E-state index contributed by atoms with van der Waals surface area (Å²) in [6, 6.07) is 4.87. The Bertz CT molecular complexity index is 309. The summed E-state index contributed by atoms with van der Waals surface area (Å²) in [5.41, 5.74) is 2.01. The van der Waals surface area contributed by atoms with E-state index in [9.17, 15) is 4.39 Å². The summed E-state index contributed by atoms with van der Waals surface area (Å²) in [7, 11) is 0. The molecule has 0 fully saturated rings. The molecule has 0 aromatic heterocycles. The maximum Gasteiger partial charge on any atom is 0.123 e. The summed E-state index contributed by atoms with van der Waals surface area (Å²) in [6.07, 6.45) is 2.44. The van der Waals surface area contributed by atoms with E-state index in [-0.39, 0.29) is 5.82 Å². The van der Waals surface area contributed by atoms with Crippen LogP contribution in [0.2, 0.25) is 0 Å². The number of halogens is 1. The summed E-state index contributed by atoms with van der Waals surface area (Å²) in [4.78, 5) is 0. The van der Waals surface area contributed by atoms with Gasteiger partial charge in [0.05, 0.1) is 0 Å². The van der Waals surface area contributed by atoms with Crippen LogP contribution in [0.25, 0.3) is 0 Å². The topological polar surface area (TPSA) is 12.0 Å². The van der Waals surface area contributed by atoms with Crippen molar-refractivity contribution in [2.45, 2.75) is 33.6 Å². The van der Waals surface area contributed by atoms with Crippen molar-refractivity contribution >= 4 is 5.69 Å². The second-order valence-corrected chi connectivity index (χ2v) is 4.23. The van der Waals surface area contributed by atoms with Crippen molar-refractivity contribution in [3.8, 4) is 0 Å². The quantitative estimate of drug-likeness (QED) is 0.773. The summed E-state index contributed by atoms with van der Waals surface area (Å²) in [6.45, 7) is 7.31. The highest BCUT2D eigenvalue weighted by Crippen LogP contribution is 2.16. The predicted molar refractivity (Wildman–Crippen MR) is 63.7 cm³/mol. The van der Waals surface area contributed by atoms with Crippen LogP contribution in [0.3, 0.4) is 0 Å². The molecule has 1 N–H and O–H groups in total. The Hall–Kier alpha value is -1.05. The Morgan fingerprint density at radius 3 is 2.73 bits per heavy atom. The van der Waals surface area contributed by atoms with Gasteiger partial charge in [0.2, 0.25) is 0 Å². The molecule has 0 saturated heterocycles. The van der Waals surface area contributed by atoms with Gasteiger partial charge in [-0.05, 0) is 43.0 Å². The smallest absolute Gasteiger partial charge is 0.123 e. The minimum atomic E-state index is -0.167. The van der Waals surface area contributed by atoms with Gasteiger partial charge in [0.15, 0.2) is 0 Å². The molecule has 2 heteroatoms. The fourth-order valence-corrected chi connectivity index (χ4v) is 1.70. The lowest BCUT2D eigenvalue weighted by atomic mass is 10.1. The molecular weight excluding hydrogens is 189 g/mol. The molecule has 0 bridgehead atoms. The van der Waals surface area contributed by atoms with Gasteiger partial charge in [-0.15, -0.1) is 0 Å². The van der Waals surface area contributed by atoms with Crippen LogP contribution in [-0.4, -0.2) is 6.54 Å². The summed E-state index contributed by atoms with van der Waals surface area (Å²) >= 11 is 0. The van der Waals surface area contributed by atoms with E-state index in [1.165, 1.54) is 18.9 Å². The molecule has 1 aromatic rings. The van der Waals surface area contributed by atoms with Gasteiger partial charge in [-0.3, -0.25) is 0 Å². The van der Waals surface area contributed by atoms with Crippen molar-refractivity contribution in [2.75, 3.05) is 11.9 Å². The first-order chi connectivity index (χ1) is 7.13. The molecule has 1 unspecified atom stereocenters. The number of nitrogens with one attached hydrogen (secondary N) is 1. The van der Waals surface area contributed by atoms with Crippen LogP contribution in [0.1, 0.15) is 32.3 Å². The third-order valence-corrected chi connectivity index (χ3v) is 2.61. The molecule has 1 aromatic carbocycles. The molecule has 84 valence electrons. The van der Waals surface area contributed by atoms with Gasteiger partial charge in [-0.2, -0.15) is 0 Å². The Morgan fingerprint density at radius 1 is 1.40 bits per heavy atom. The van der Waals surface area contributed by atoms with E-state index in [1.807, 2.05) is 13.0 Å². The first-order valence-electron chi connectivity index (χ1n) is 5.63. The Kier molecular flexibility index (Phi) is 4.60. The largest absolute Gasteiger partial charge is 0.385 e. The molecular formula is C13H20FN. The lowest BCUT2D eigenvalue weighted by Crippen LogP contribution is -2.11. The van der Waals surface area contributed by atoms with E-state index >= 15 is 0 Å². The van der Waals surface area contributed by atoms with Crippen molar-refractivity contribution in [3.63, 3.8) is 0 Å². The second-order valence-electron chi connectivity index (χ2n) is 4.23. The third kappa shape index (κ3) is 3.90. The highest BCUT2D eigenvalue weighted by molar-refractivity contribution is 5.50. The summed E-state index contributed by atoms with van der Waals surface area (Å²) < 4.78 is 12.8. The number of aryl methyl sites for hydroxylation is 1. The van der Waals surface area contributed by atoms with Crippen molar-refractivity contribution < 1.29 is 4.39 Å². The molecule has 0 radical (unpaired) electrons. The van der Waals surface area contributed by atoms with Gasteiger partial charge in [-0.25, -0.2) is 4.39 Å². The minimum absolute atomic E-state index is 0.167. The standard InChI is InChI=1S/C13H20FN/c1-4-5-10(2)9-15-13-7-6-12(14)8-11(13)3/h6-8,10,15H,4-5,9H2,1-3H3. The van der Waals surface area contributed by atoms with E-state index in [0.29, 0.717) is 5.92 Å². The molecule has 0 heterocycles. The van der Waals surface area contributed by atoms with Crippen LogP contribution in [0.4, 0.5) is 10.1 Å². The molecule has 1 rings (SSSR count). The number of hydrogen-bond acceptors (Lipinski definition) is 1. The average Bonchev–Trinajstić information content (AvgIpc) is 2.17. The SMILES string of the molecule is CCCC(C)CNc1ccc(F)cc1C. The first-order valence-corrected chi connectivity index (χ1v) is 5.63. The first kappa shape index (κ1) is 12.0. The maximum absolute atomic E-state index is 12.8. The van der Waals surface area contributed by atoms with Gasteiger partial charge in [0.25, 0.3) is 0 Å². The predicted octanol–water partition coefficient (Wildman–Crippen LogP) is 3.98. The fourth-order valence-electron chi connectivity index (χ4n) is 1.70. The maximum atomic E-state index is 12.8. The highest BCUT2D eigenvalue weighted by atomic mass is 19.1. The van der Waals surface area contributed by atoms with E-state index in [2.05, 4.69) is 19.2 Å². The Labute approximate surface area is 91.7 Å². The lowest BCUT2D eigenvalue weighted by molar-refractivity contribution is 0.550. The molecule has 0 aliphatic carbocycles. The van der Waals surface area contributed by atoms with E-state index in [4.69, 9.17) is 0 Å². The molecule has 0 amide bonds. The van der Waals surface area contributed by atoms with Crippen molar-refractivity contribution in [1.29, 1.82) is 0 Å². The monoisotopic (exact) mass is 209 g/mol. The minimum Gasteiger partial charge on any atom is -0.385 e. The second kappa shape index (κ2) is 5.74. The third-order valence-electron chi connectivity index (χ3n) is 2.61. The molecule has 1 atom stereocenters. The van der Waals surface area contributed by atoms with Crippen molar-refractivity contribution in [3.05, 3.63) is 29.6 Å². The zero-order chi connectivity index (χ0) is 11.3. The zero-order valence-electron chi connectivity index (χ0n) is 9.81. The number of anilines is 1. The van der Waals surface area contributed by atoms with Crippen LogP contribution < -0.4 is 5.32 Å². The van der Waals surface area contributed by atoms with Gasteiger partial charge in [0.1, 0.15) is 5.82 Å². The van der Waals surface area contributed by atoms with Crippen molar-refractivity contribution in [2.24, 2.45) is 5.92 Å². The zero-order valence-corrected chi connectivity index (χ0v) is 9.81. The van der Waals surface area contributed by atoms with Crippen LogP contribution in [-0.2, 0) is 0 Å². The molecule has 0 aliphatic heterocycles. The van der Waals surface area contributed by atoms with Gasteiger partial charge >= 0.3 is 0 Å². The average molecular weight is 209 g/mol. The van der Waals surface area contributed by atoms with Gasteiger partial charge < -0.3 is 5.32 Å². The van der Waals surface area contributed by atoms with Gasteiger partial charge in [0, 0.05) is 12.2 Å². The molecule has 15 heavy (non-hydrogen) atoms. The van der Waals surface area contributed by atoms with Crippen molar-refractivity contribution in [1.82, 2.24) is 0 Å². The van der Waals surface area contributed by atoms with E-state index in [0.717, 1.165) is 17.8 Å². The number of hydrogen-bond donors (Lipinski definition) is 1. The molecule has 0 spiro atoms. The van der Waals surface area contributed by atoms with Crippen LogP contribution in [0, 0.1) is 18.7 Å². The molecule has 0 aliphatic rings. The Morgan fingerprint density at radius 2 is 2.13 bits per heavy atom. The number of rotatable bonds is 5. The van der Waals surface area contributed by atoms with Crippen LogP contribution >= 0.6 is 0 Å². The molecule has 0 saturated carbocycles. The lowest BCUT2D eigenvalue weighted by Gasteiger charge is -2.14. The van der Waals surface area contributed by atoms with E-state index in [1.54, 1.807) is 6.07 Å². The Balaban J connectivity index is 2.50. The normalized spacial score (nSPS) is 12.5. The number of benzene rings is 1.